The van der Waals surface area contributed by atoms with E-state index in [0.29, 0.717) is 12.8 Å². The maximum Gasteiger partial charge on any atom is 0.326 e. The van der Waals surface area contributed by atoms with E-state index in [1.165, 1.54) is 20.8 Å². The number of nitrogens with one attached hydrogen (secondary N) is 6. The molecule has 11 atom stereocenters. The van der Waals surface area contributed by atoms with Crippen LogP contribution in [0.25, 0.3) is 0 Å². The molecule has 2 rings (SSSR count). The number of amides is 10. The monoisotopic (exact) mass is 986 g/mol. The van der Waals surface area contributed by atoms with Crippen molar-refractivity contribution in [2.24, 2.45) is 28.9 Å². The van der Waals surface area contributed by atoms with Gasteiger partial charge in [-0.05, 0) is 51.5 Å². The average Bonchev–Trinajstić information content (AvgIpc) is 3.85. The Morgan fingerprint density at radius 2 is 1.28 bits per heavy atom. The molecule has 0 radical (unpaired) electrons. The fraction of sp³-hybridized carbons (Fsp3) is 0.700. The third kappa shape index (κ3) is 18.1. The normalized spacial score (nSPS) is 20.8. The van der Waals surface area contributed by atoms with E-state index >= 15 is 0 Å². The Morgan fingerprint density at radius 1 is 0.696 bits per heavy atom. The number of aliphatic hydroxyl groups is 3. The Balaban J connectivity index is 2.22. The molecule has 2 saturated heterocycles. The largest absolute Gasteiger partial charge is 0.481 e. The average molecular weight is 987 g/mol. The molecule has 19 N–H and O–H groups in total. The molecule has 2 aliphatic rings. The van der Waals surface area contributed by atoms with E-state index < -0.39 is 189 Å². The molecule has 2 heterocycles. The fourth-order valence-corrected chi connectivity index (χ4v) is 7.45. The number of rotatable bonds is 28. The zero-order valence-electron chi connectivity index (χ0n) is 38.5. The Labute approximate surface area is 395 Å². The number of carboxylic acids is 2. The van der Waals surface area contributed by atoms with Crippen molar-refractivity contribution in [1.29, 1.82) is 0 Å². The number of aliphatic carboxylic acids is 2. The van der Waals surface area contributed by atoms with E-state index in [2.05, 4.69) is 31.9 Å². The van der Waals surface area contributed by atoms with Crippen molar-refractivity contribution in [1.82, 2.24) is 41.7 Å². The lowest BCUT2D eigenvalue weighted by molar-refractivity contribution is -0.145. The Kier molecular flexibility index (Phi) is 23.3. The fourth-order valence-electron chi connectivity index (χ4n) is 7.45. The van der Waals surface area contributed by atoms with Gasteiger partial charge in [-0.1, -0.05) is 13.8 Å². The Bertz CT molecular complexity index is 1920. The van der Waals surface area contributed by atoms with E-state index in [1.54, 1.807) is 0 Å². The van der Waals surface area contributed by atoms with Gasteiger partial charge in [0.25, 0.3) is 0 Å². The first-order chi connectivity index (χ1) is 32.2. The minimum absolute atomic E-state index is 0.0342. The maximum absolute atomic E-state index is 14.0. The van der Waals surface area contributed by atoms with Gasteiger partial charge in [-0.3, -0.25) is 52.7 Å². The van der Waals surface area contributed by atoms with Crippen molar-refractivity contribution in [2.75, 3.05) is 26.2 Å². The number of nitrogens with two attached hydrogens (primary N) is 4. The van der Waals surface area contributed by atoms with Crippen LogP contribution in [0.2, 0.25) is 0 Å². The lowest BCUT2D eigenvalue weighted by Gasteiger charge is -2.32. The van der Waals surface area contributed by atoms with Crippen LogP contribution in [0.4, 0.5) is 0 Å². The number of carbonyl (C=O) groups is 12. The van der Waals surface area contributed by atoms with Gasteiger partial charge < -0.3 is 90.2 Å². The number of hydrogen-bond acceptors (Lipinski definition) is 17. The summed E-state index contributed by atoms with van der Waals surface area (Å²) in [5.74, 6) is -14.2. The summed E-state index contributed by atoms with van der Waals surface area (Å²) in [5, 5.41) is 63.3. The highest BCUT2D eigenvalue weighted by Gasteiger charge is 2.46. The third-order valence-electron chi connectivity index (χ3n) is 11.2. The molecular formula is C40H66N12O17. The molecule has 0 aliphatic carbocycles. The first kappa shape index (κ1) is 58.6. The van der Waals surface area contributed by atoms with Crippen molar-refractivity contribution in [3.63, 3.8) is 0 Å². The number of primary amides is 2. The molecule has 2 aliphatic heterocycles. The Morgan fingerprint density at radius 3 is 1.83 bits per heavy atom. The number of carbonyl (C=O) groups excluding carboxylic acids is 10. The number of hydrogen-bond donors (Lipinski definition) is 15. The molecule has 0 spiro atoms. The Hall–Kier alpha value is -6.56. The summed E-state index contributed by atoms with van der Waals surface area (Å²) in [7, 11) is 0. The van der Waals surface area contributed by atoms with E-state index in [9.17, 15) is 83.1 Å². The summed E-state index contributed by atoms with van der Waals surface area (Å²) >= 11 is 0. The van der Waals surface area contributed by atoms with Gasteiger partial charge in [0.2, 0.25) is 59.1 Å². The van der Waals surface area contributed by atoms with Crippen LogP contribution in [0.15, 0.2) is 0 Å². The van der Waals surface area contributed by atoms with E-state index in [4.69, 9.17) is 22.9 Å². The summed E-state index contributed by atoms with van der Waals surface area (Å²) in [5.41, 5.74) is 21.9. The highest BCUT2D eigenvalue weighted by atomic mass is 16.4. The molecule has 0 saturated carbocycles. The molecule has 29 nitrogen and oxygen atoms in total. The molecule has 29 heteroatoms. The van der Waals surface area contributed by atoms with E-state index in [1.807, 2.05) is 0 Å². The van der Waals surface area contributed by atoms with Gasteiger partial charge >= 0.3 is 11.9 Å². The van der Waals surface area contributed by atoms with E-state index in [-0.39, 0.29) is 25.9 Å². The first-order valence-corrected chi connectivity index (χ1v) is 22.1. The lowest BCUT2D eigenvalue weighted by Crippen LogP contribution is -2.61. The van der Waals surface area contributed by atoms with Crippen LogP contribution in [0, 0.1) is 5.92 Å². The second kappa shape index (κ2) is 27.4. The highest BCUT2D eigenvalue weighted by molar-refractivity contribution is 5.99. The van der Waals surface area contributed by atoms with Crippen molar-refractivity contribution in [3.05, 3.63) is 0 Å². The number of likely N-dealkylation sites (tertiary alicyclic amines) is 2. The quantitative estimate of drug-likeness (QED) is 0.0324. The molecule has 69 heavy (non-hydrogen) atoms. The maximum atomic E-state index is 14.0. The van der Waals surface area contributed by atoms with Crippen LogP contribution in [0.5, 0.6) is 0 Å². The minimum atomic E-state index is -1.83. The number of nitrogens with zero attached hydrogens (tertiary/aromatic N) is 2. The van der Waals surface area contributed by atoms with Gasteiger partial charge in [0.15, 0.2) is 0 Å². The van der Waals surface area contributed by atoms with Gasteiger partial charge in [-0.25, -0.2) is 4.79 Å². The smallest absolute Gasteiger partial charge is 0.326 e. The predicted octanol–water partition coefficient (Wildman–Crippen LogP) is -8.36. The number of β-amino-alcohol motifs (C(OH)–C–C–N with tert-alkyl or cyclic N) is 1. The van der Waals surface area contributed by atoms with E-state index in [0.717, 1.165) is 9.80 Å². The molecule has 0 aromatic heterocycles. The summed E-state index contributed by atoms with van der Waals surface area (Å²) < 4.78 is 0. The molecular weight excluding hydrogens is 921 g/mol. The van der Waals surface area contributed by atoms with Crippen LogP contribution < -0.4 is 54.8 Å². The minimum Gasteiger partial charge on any atom is -0.481 e. The van der Waals surface area contributed by atoms with Crippen molar-refractivity contribution in [2.45, 2.75) is 145 Å². The van der Waals surface area contributed by atoms with Crippen molar-refractivity contribution >= 4 is 71.0 Å². The number of unbranched alkanes of at least 4 members (excludes halogenated alkanes) is 1. The molecule has 0 aromatic rings. The zero-order valence-corrected chi connectivity index (χ0v) is 38.5. The van der Waals surface area contributed by atoms with Crippen LogP contribution in [0.3, 0.4) is 0 Å². The lowest BCUT2D eigenvalue weighted by atomic mass is 10.0. The van der Waals surface area contributed by atoms with Crippen molar-refractivity contribution < 1.29 is 83.1 Å². The number of aliphatic hydroxyl groups excluding tert-OH is 3. The summed E-state index contributed by atoms with van der Waals surface area (Å²) in [6, 6.07) is -12.7. The zero-order chi connectivity index (χ0) is 52.4. The standard InChI is InChI=1S/C40H66N12O17/c1-17(2)31(50-37(65)32-25(55)9-11-51(32)39(67)30(44)18(3)53)36(64)49-23(14-27(43)57)38(66)52-16-19(54)12-24(52)35(63)45-15-28(58)46-22(13-26(42)56)34(62)47-20(7-8-29(59)60)33(61)48-21(40(68)69)6-4-5-10-41/h17-25,30-32,53-55H,4-16,41,44H2,1-3H3,(H2,42,56)(H2,43,57)(H,45,63)(H,46,58)(H,47,62)(H,48,61)(H,49,64)(H,50,65)(H,59,60)(H,68,69)/t18-,19-,20+,21+,22+,23+,24+,25+,30+,31+,32+/m1/s1. The van der Waals surface area contributed by atoms with Crippen LogP contribution in [-0.4, -0.2) is 199 Å². The number of carboxylic acid groups (broad SMARTS) is 2. The van der Waals surface area contributed by atoms with Crippen LogP contribution in [0.1, 0.15) is 78.6 Å². The molecule has 0 aromatic carbocycles. The van der Waals surface area contributed by atoms with Gasteiger partial charge in [-0.2, -0.15) is 0 Å². The molecule has 0 bridgehead atoms. The van der Waals surface area contributed by atoms with Crippen LogP contribution >= 0.6 is 0 Å². The highest BCUT2D eigenvalue weighted by Crippen LogP contribution is 2.22. The molecule has 388 valence electrons. The first-order valence-electron chi connectivity index (χ1n) is 22.1. The van der Waals surface area contributed by atoms with Crippen molar-refractivity contribution in [3.8, 4) is 0 Å². The van der Waals surface area contributed by atoms with Gasteiger partial charge in [-0.15, -0.1) is 0 Å². The van der Waals surface area contributed by atoms with Crippen LogP contribution in [-0.2, 0) is 57.5 Å². The topological polar surface area (TPSA) is 489 Å². The molecule has 10 amide bonds. The van der Waals surface area contributed by atoms with Gasteiger partial charge in [0.05, 0.1) is 37.7 Å². The predicted molar refractivity (Wildman–Crippen MR) is 234 cm³/mol. The summed E-state index contributed by atoms with van der Waals surface area (Å²) in [6.45, 7) is 2.95. The second-order valence-corrected chi connectivity index (χ2v) is 17.1. The SMILES string of the molecule is CC(C)[C@H](NC(=O)[C@@H]1[C@@H](O)CCN1C(=O)[C@@H](N)[C@@H](C)O)C(=O)N[C@@H](CC(N)=O)C(=O)N1C[C@H](O)C[C@H]1C(=O)NCC(=O)N[C@@H](CC(N)=O)C(=O)N[C@@H](CCC(=O)O)C(=O)N[C@@H](CCCCN)C(=O)O. The molecule has 0 unspecified atom stereocenters. The van der Waals surface area contributed by atoms with Gasteiger partial charge in [0, 0.05) is 25.9 Å². The second-order valence-electron chi connectivity index (χ2n) is 17.1. The molecule has 2 fully saturated rings. The summed E-state index contributed by atoms with van der Waals surface area (Å²) in [4.78, 5) is 156. The third-order valence-corrected chi connectivity index (χ3v) is 11.2. The van der Waals surface area contributed by atoms with Gasteiger partial charge in [0.1, 0.15) is 48.3 Å². The summed E-state index contributed by atoms with van der Waals surface area (Å²) in [6.07, 6.45) is -6.74.